The molecule has 2 aromatic carbocycles. The van der Waals surface area contributed by atoms with Crippen molar-refractivity contribution in [2.24, 2.45) is 0 Å². The minimum atomic E-state index is -3.75. The number of sulfonamides is 1. The van der Waals surface area contributed by atoms with Crippen molar-refractivity contribution in [1.29, 1.82) is 0 Å². The number of hydrogen-bond acceptors (Lipinski definition) is 5. The van der Waals surface area contributed by atoms with Crippen molar-refractivity contribution in [3.63, 3.8) is 0 Å². The fraction of sp³-hybridized carbons (Fsp3) is 0.429. The van der Waals surface area contributed by atoms with Crippen molar-refractivity contribution in [2.45, 2.75) is 42.0 Å². The molecule has 0 saturated heterocycles. The van der Waals surface area contributed by atoms with E-state index in [1.807, 2.05) is 36.1 Å². The van der Waals surface area contributed by atoms with Gasteiger partial charge in [0.25, 0.3) is 0 Å². The zero-order valence-corrected chi connectivity index (χ0v) is 19.2. The Morgan fingerprint density at radius 3 is 2.87 bits per heavy atom. The van der Waals surface area contributed by atoms with Gasteiger partial charge in [-0.25, -0.2) is 13.1 Å². The molecule has 2 unspecified atom stereocenters. The second-order valence-electron chi connectivity index (χ2n) is 7.63. The maximum absolute atomic E-state index is 12.9. The SMILES string of the molecule is CCCN1CS(=O)c2c1cccc2S(=O)(=O)NCCNC1CCc2cc(Cl)ccc21. The van der Waals surface area contributed by atoms with Crippen LogP contribution in [-0.4, -0.2) is 38.1 Å². The van der Waals surface area contributed by atoms with Gasteiger partial charge in [-0.2, -0.15) is 0 Å². The first kappa shape index (κ1) is 21.8. The predicted octanol–water partition coefficient (Wildman–Crippen LogP) is 3.19. The van der Waals surface area contributed by atoms with E-state index >= 15 is 0 Å². The number of halogens is 1. The molecule has 0 saturated carbocycles. The molecule has 30 heavy (non-hydrogen) atoms. The molecule has 2 N–H and O–H groups in total. The lowest BCUT2D eigenvalue weighted by Crippen LogP contribution is -2.33. The van der Waals surface area contributed by atoms with Crippen LogP contribution in [0.5, 0.6) is 0 Å². The van der Waals surface area contributed by atoms with Crippen molar-refractivity contribution >= 4 is 38.1 Å². The molecule has 1 aliphatic carbocycles. The van der Waals surface area contributed by atoms with Gasteiger partial charge in [-0.1, -0.05) is 30.7 Å². The molecule has 6 nitrogen and oxygen atoms in total. The Morgan fingerprint density at radius 1 is 1.23 bits per heavy atom. The highest BCUT2D eigenvalue weighted by atomic mass is 35.5. The molecule has 0 spiro atoms. The summed E-state index contributed by atoms with van der Waals surface area (Å²) in [7, 11) is -5.09. The van der Waals surface area contributed by atoms with Crippen molar-refractivity contribution in [1.82, 2.24) is 10.0 Å². The normalized spacial score (nSPS) is 20.4. The van der Waals surface area contributed by atoms with Gasteiger partial charge in [-0.05, 0) is 54.7 Å². The van der Waals surface area contributed by atoms with Crippen LogP contribution >= 0.6 is 11.6 Å². The van der Waals surface area contributed by atoms with Gasteiger partial charge in [0.15, 0.2) is 0 Å². The Kier molecular flexibility index (Phi) is 6.50. The molecule has 2 atom stereocenters. The summed E-state index contributed by atoms with van der Waals surface area (Å²) in [6, 6.07) is 11.2. The summed E-state index contributed by atoms with van der Waals surface area (Å²) in [6.45, 7) is 3.57. The van der Waals surface area contributed by atoms with Gasteiger partial charge in [-0.3, -0.25) is 4.21 Å². The molecular formula is C21H26ClN3O3S2. The first-order valence-electron chi connectivity index (χ1n) is 10.2. The minimum Gasteiger partial charge on any atom is -0.358 e. The minimum absolute atomic E-state index is 0.123. The summed E-state index contributed by atoms with van der Waals surface area (Å²) >= 11 is 6.06. The number of fused-ring (bicyclic) bond motifs is 2. The number of aryl methyl sites for hydroxylation is 1. The zero-order valence-electron chi connectivity index (χ0n) is 16.9. The van der Waals surface area contributed by atoms with E-state index in [0.29, 0.717) is 17.3 Å². The predicted molar refractivity (Wildman–Crippen MR) is 121 cm³/mol. The van der Waals surface area contributed by atoms with Gasteiger partial charge >= 0.3 is 0 Å². The molecule has 0 bridgehead atoms. The third-order valence-electron chi connectivity index (χ3n) is 5.57. The van der Waals surface area contributed by atoms with E-state index in [9.17, 15) is 12.6 Å². The molecule has 9 heteroatoms. The van der Waals surface area contributed by atoms with Gasteiger partial charge in [0.05, 0.1) is 27.3 Å². The van der Waals surface area contributed by atoms with E-state index < -0.39 is 20.8 Å². The molecule has 0 radical (unpaired) electrons. The lowest BCUT2D eigenvalue weighted by Gasteiger charge is -2.17. The van der Waals surface area contributed by atoms with E-state index in [-0.39, 0.29) is 17.5 Å². The summed E-state index contributed by atoms with van der Waals surface area (Å²) in [6.07, 6.45) is 2.85. The average molecular weight is 468 g/mol. The topological polar surface area (TPSA) is 78.5 Å². The highest BCUT2D eigenvalue weighted by Crippen LogP contribution is 2.36. The third kappa shape index (κ3) is 4.29. The number of benzene rings is 2. The summed E-state index contributed by atoms with van der Waals surface area (Å²) in [5, 5.41) is 4.17. The monoisotopic (exact) mass is 467 g/mol. The van der Waals surface area contributed by atoms with E-state index in [1.165, 1.54) is 11.1 Å². The van der Waals surface area contributed by atoms with Crippen LogP contribution in [0.2, 0.25) is 5.02 Å². The Bertz CT molecular complexity index is 1080. The second-order valence-corrected chi connectivity index (χ2v) is 11.2. The Balaban J connectivity index is 1.40. The molecule has 1 heterocycles. The average Bonchev–Trinajstić information content (AvgIpc) is 3.26. The first-order valence-corrected chi connectivity index (χ1v) is 13.4. The van der Waals surface area contributed by atoms with Crippen molar-refractivity contribution in [3.05, 3.63) is 52.5 Å². The maximum atomic E-state index is 12.9. The van der Waals surface area contributed by atoms with Crippen molar-refractivity contribution in [3.8, 4) is 0 Å². The quantitative estimate of drug-likeness (QED) is 0.583. The molecule has 162 valence electrons. The largest absolute Gasteiger partial charge is 0.358 e. The van der Waals surface area contributed by atoms with Gasteiger partial charge < -0.3 is 10.2 Å². The van der Waals surface area contributed by atoms with E-state index in [0.717, 1.165) is 36.5 Å². The third-order valence-corrected chi connectivity index (χ3v) is 8.87. The van der Waals surface area contributed by atoms with Crippen LogP contribution in [0.15, 0.2) is 46.2 Å². The van der Waals surface area contributed by atoms with Crippen LogP contribution in [0, 0.1) is 0 Å². The lowest BCUT2D eigenvalue weighted by molar-refractivity contribution is 0.524. The van der Waals surface area contributed by atoms with E-state index in [4.69, 9.17) is 11.6 Å². The number of nitrogens with one attached hydrogen (secondary N) is 2. The fourth-order valence-electron chi connectivity index (χ4n) is 4.23. The lowest BCUT2D eigenvalue weighted by atomic mass is 10.1. The highest BCUT2D eigenvalue weighted by molar-refractivity contribution is 7.91. The number of rotatable bonds is 8. The number of hydrogen-bond donors (Lipinski definition) is 2. The highest BCUT2D eigenvalue weighted by Gasteiger charge is 2.32. The van der Waals surface area contributed by atoms with E-state index in [1.54, 1.807) is 12.1 Å². The zero-order chi connectivity index (χ0) is 21.3. The maximum Gasteiger partial charge on any atom is 0.241 e. The summed E-state index contributed by atoms with van der Waals surface area (Å²) in [4.78, 5) is 2.54. The van der Waals surface area contributed by atoms with Crippen LogP contribution in [-0.2, 0) is 27.2 Å². The summed E-state index contributed by atoms with van der Waals surface area (Å²) in [5.74, 6) is 0.350. The van der Waals surface area contributed by atoms with Crippen LogP contribution < -0.4 is 14.9 Å². The number of anilines is 1. The smallest absolute Gasteiger partial charge is 0.241 e. The Hall–Kier alpha value is -1.45. The standard InChI is InChI=1S/C21H26ClN3O3S2/c1-2-12-25-14-29(26)21-19(25)4-3-5-20(21)30(27,28)24-11-10-23-18-9-6-15-13-16(22)7-8-17(15)18/h3-5,7-8,13,18,23-24H,2,6,9-12,14H2,1H3. The second kappa shape index (κ2) is 8.96. The number of nitrogens with zero attached hydrogens (tertiary/aromatic N) is 1. The van der Waals surface area contributed by atoms with Gasteiger partial charge in [0, 0.05) is 30.7 Å². The van der Waals surface area contributed by atoms with Crippen molar-refractivity contribution < 1.29 is 12.6 Å². The molecule has 2 aliphatic rings. The molecule has 2 aromatic rings. The Labute approximate surface area is 185 Å². The molecule has 0 aromatic heterocycles. The Morgan fingerprint density at radius 2 is 2.07 bits per heavy atom. The summed E-state index contributed by atoms with van der Waals surface area (Å²) in [5.41, 5.74) is 3.24. The molecule has 4 rings (SSSR count). The van der Waals surface area contributed by atoms with Crippen molar-refractivity contribution in [2.75, 3.05) is 30.4 Å². The molecule has 0 fully saturated rings. The van der Waals surface area contributed by atoms with Crippen LogP contribution in [0.1, 0.15) is 36.9 Å². The molecule has 1 aliphatic heterocycles. The van der Waals surface area contributed by atoms with Crippen LogP contribution in [0.25, 0.3) is 0 Å². The van der Waals surface area contributed by atoms with E-state index in [2.05, 4.69) is 10.0 Å². The van der Waals surface area contributed by atoms with Crippen LogP contribution in [0.4, 0.5) is 5.69 Å². The van der Waals surface area contributed by atoms with Gasteiger partial charge in [0.2, 0.25) is 10.0 Å². The first-order chi connectivity index (χ1) is 14.4. The van der Waals surface area contributed by atoms with Gasteiger partial charge in [0.1, 0.15) is 4.90 Å². The molecule has 0 amide bonds. The van der Waals surface area contributed by atoms with Gasteiger partial charge in [-0.15, -0.1) is 0 Å². The fourth-order valence-corrected chi connectivity index (χ4v) is 7.57. The molecular weight excluding hydrogens is 442 g/mol. The van der Waals surface area contributed by atoms with Crippen LogP contribution in [0.3, 0.4) is 0 Å². The summed E-state index contributed by atoms with van der Waals surface area (Å²) < 4.78 is 41.1.